The average molecular weight is 332 g/mol. The molecule has 0 aromatic carbocycles. The van der Waals surface area contributed by atoms with Crippen LogP contribution < -0.4 is 4.90 Å². The van der Waals surface area contributed by atoms with Crippen molar-refractivity contribution in [3.63, 3.8) is 0 Å². The lowest BCUT2D eigenvalue weighted by molar-refractivity contribution is -0.138. The number of anilines is 1. The Balaban J connectivity index is 1.63. The summed E-state index contributed by atoms with van der Waals surface area (Å²) in [6, 6.07) is 2.22. The van der Waals surface area contributed by atoms with Crippen LogP contribution in [0.3, 0.4) is 0 Å². The highest BCUT2D eigenvalue weighted by molar-refractivity contribution is 5.77. The van der Waals surface area contributed by atoms with Crippen LogP contribution in [0.15, 0.2) is 18.5 Å². The number of aromatic nitrogens is 2. The minimum Gasteiger partial charge on any atom is -0.375 e. The highest BCUT2D eigenvalue weighted by Gasteiger charge is 2.34. The SMILES string of the molecule is COCC(=O)N1CCCCCC1C1CCN(c2ncccn2)CC1. The van der Waals surface area contributed by atoms with Crippen molar-refractivity contribution >= 4 is 11.9 Å². The Kier molecular flexibility index (Phi) is 6.01. The molecule has 1 aromatic rings. The Bertz CT molecular complexity index is 517. The first-order valence-electron chi connectivity index (χ1n) is 9.10. The van der Waals surface area contributed by atoms with Gasteiger partial charge in [-0.15, -0.1) is 0 Å². The Morgan fingerprint density at radius 2 is 1.88 bits per heavy atom. The van der Waals surface area contributed by atoms with E-state index >= 15 is 0 Å². The van der Waals surface area contributed by atoms with Crippen molar-refractivity contribution in [1.29, 1.82) is 0 Å². The van der Waals surface area contributed by atoms with Crippen LogP contribution in [0, 0.1) is 5.92 Å². The van der Waals surface area contributed by atoms with Crippen molar-refractivity contribution in [3.8, 4) is 0 Å². The van der Waals surface area contributed by atoms with E-state index in [1.54, 1.807) is 19.5 Å². The predicted octanol–water partition coefficient (Wildman–Crippen LogP) is 2.11. The van der Waals surface area contributed by atoms with Gasteiger partial charge in [-0.25, -0.2) is 9.97 Å². The van der Waals surface area contributed by atoms with E-state index in [0.29, 0.717) is 12.0 Å². The Morgan fingerprint density at radius 3 is 2.58 bits per heavy atom. The molecule has 0 aliphatic carbocycles. The second-order valence-electron chi connectivity index (χ2n) is 6.81. The number of likely N-dealkylation sites (tertiary alicyclic amines) is 1. The number of carbonyl (C=O) groups excluding carboxylic acids is 1. The molecule has 6 nitrogen and oxygen atoms in total. The number of ether oxygens (including phenoxy) is 1. The van der Waals surface area contributed by atoms with Crippen molar-refractivity contribution in [3.05, 3.63) is 18.5 Å². The topological polar surface area (TPSA) is 58.6 Å². The zero-order valence-corrected chi connectivity index (χ0v) is 14.6. The molecule has 0 saturated carbocycles. The van der Waals surface area contributed by atoms with E-state index in [2.05, 4.69) is 19.8 Å². The molecular formula is C18H28N4O2. The summed E-state index contributed by atoms with van der Waals surface area (Å²) in [5.74, 6) is 1.55. The standard InChI is InChI=1S/C18H28N4O2/c1-24-14-17(23)22-11-4-2-3-6-16(22)15-7-12-21(13-8-15)18-19-9-5-10-20-18/h5,9-10,15-16H,2-4,6-8,11-14H2,1H3. The molecule has 3 heterocycles. The maximum atomic E-state index is 12.5. The van der Waals surface area contributed by atoms with Gasteiger partial charge in [0.2, 0.25) is 11.9 Å². The lowest BCUT2D eigenvalue weighted by atomic mass is 9.86. The zero-order chi connectivity index (χ0) is 16.8. The maximum Gasteiger partial charge on any atom is 0.248 e. The van der Waals surface area contributed by atoms with Gasteiger partial charge in [0.25, 0.3) is 0 Å². The van der Waals surface area contributed by atoms with Gasteiger partial charge in [-0.1, -0.05) is 12.8 Å². The molecular weight excluding hydrogens is 304 g/mol. The molecule has 24 heavy (non-hydrogen) atoms. The Morgan fingerprint density at radius 1 is 1.12 bits per heavy atom. The first-order chi connectivity index (χ1) is 11.8. The summed E-state index contributed by atoms with van der Waals surface area (Å²) in [5, 5.41) is 0. The maximum absolute atomic E-state index is 12.5. The summed E-state index contributed by atoms with van der Waals surface area (Å²) in [5.41, 5.74) is 0. The molecule has 2 aliphatic heterocycles. The van der Waals surface area contributed by atoms with Gasteiger partial charge >= 0.3 is 0 Å². The number of hydrogen-bond donors (Lipinski definition) is 0. The van der Waals surface area contributed by atoms with Gasteiger partial charge in [0, 0.05) is 45.2 Å². The van der Waals surface area contributed by atoms with Crippen molar-refractivity contribution in [1.82, 2.24) is 14.9 Å². The highest BCUT2D eigenvalue weighted by atomic mass is 16.5. The number of carbonyl (C=O) groups is 1. The fraction of sp³-hybridized carbons (Fsp3) is 0.722. The van der Waals surface area contributed by atoms with Crippen LogP contribution in [0.25, 0.3) is 0 Å². The molecule has 2 saturated heterocycles. The number of piperidine rings is 1. The number of methoxy groups -OCH3 is 1. The Hall–Kier alpha value is -1.69. The van der Waals surface area contributed by atoms with Crippen LogP contribution in [-0.4, -0.2) is 60.2 Å². The van der Waals surface area contributed by atoms with Gasteiger partial charge in [0.1, 0.15) is 6.61 Å². The summed E-state index contributed by atoms with van der Waals surface area (Å²) >= 11 is 0. The van der Waals surface area contributed by atoms with Crippen LogP contribution in [0.1, 0.15) is 38.5 Å². The largest absolute Gasteiger partial charge is 0.375 e. The van der Waals surface area contributed by atoms with E-state index in [9.17, 15) is 4.79 Å². The third-order valence-electron chi connectivity index (χ3n) is 5.31. The number of hydrogen-bond acceptors (Lipinski definition) is 5. The van der Waals surface area contributed by atoms with Crippen molar-refractivity contribution in [2.75, 3.05) is 38.3 Å². The quantitative estimate of drug-likeness (QED) is 0.845. The van der Waals surface area contributed by atoms with Crippen LogP contribution in [-0.2, 0) is 9.53 Å². The molecule has 3 rings (SSSR count). The van der Waals surface area contributed by atoms with Gasteiger partial charge in [0.15, 0.2) is 0 Å². The summed E-state index contributed by atoms with van der Waals surface area (Å²) in [4.78, 5) is 25.5. The minimum absolute atomic E-state index is 0.151. The lowest BCUT2D eigenvalue weighted by Crippen LogP contribution is -2.49. The van der Waals surface area contributed by atoms with E-state index in [0.717, 1.165) is 51.3 Å². The highest BCUT2D eigenvalue weighted by Crippen LogP contribution is 2.31. The van der Waals surface area contributed by atoms with Crippen molar-refractivity contribution in [2.45, 2.75) is 44.6 Å². The molecule has 0 spiro atoms. The van der Waals surface area contributed by atoms with E-state index in [1.807, 2.05) is 6.07 Å². The zero-order valence-electron chi connectivity index (χ0n) is 14.6. The molecule has 0 radical (unpaired) electrons. The molecule has 1 atom stereocenters. The van der Waals surface area contributed by atoms with Crippen LogP contribution in [0.2, 0.25) is 0 Å². The molecule has 0 bridgehead atoms. The number of amides is 1. The fourth-order valence-corrected chi connectivity index (χ4v) is 4.08. The summed E-state index contributed by atoms with van der Waals surface area (Å²) in [7, 11) is 1.60. The van der Waals surface area contributed by atoms with Gasteiger partial charge in [-0.05, 0) is 37.7 Å². The fourth-order valence-electron chi connectivity index (χ4n) is 4.08. The van der Waals surface area contributed by atoms with Crippen molar-refractivity contribution in [2.24, 2.45) is 5.92 Å². The van der Waals surface area contributed by atoms with Gasteiger partial charge in [-0.2, -0.15) is 0 Å². The third-order valence-corrected chi connectivity index (χ3v) is 5.31. The van der Waals surface area contributed by atoms with Gasteiger partial charge < -0.3 is 14.5 Å². The molecule has 2 fully saturated rings. The van der Waals surface area contributed by atoms with Crippen molar-refractivity contribution < 1.29 is 9.53 Å². The first kappa shape index (κ1) is 17.1. The summed E-state index contributed by atoms with van der Waals surface area (Å²) in [6.45, 7) is 3.02. The molecule has 132 valence electrons. The molecule has 1 unspecified atom stereocenters. The molecule has 1 amide bonds. The Labute approximate surface area is 144 Å². The normalized spacial score (nSPS) is 23.1. The molecule has 0 N–H and O–H groups in total. The predicted molar refractivity (Wildman–Crippen MR) is 92.8 cm³/mol. The first-order valence-corrected chi connectivity index (χ1v) is 9.10. The van der Waals surface area contributed by atoms with E-state index in [4.69, 9.17) is 4.74 Å². The average Bonchev–Trinajstić information content (AvgIpc) is 2.89. The monoisotopic (exact) mass is 332 g/mol. The number of rotatable bonds is 4. The minimum atomic E-state index is 0.151. The van der Waals surface area contributed by atoms with Gasteiger partial charge in [0.05, 0.1) is 0 Å². The van der Waals surface area contributed by atoms with E-state index in [-0.39, 0.29) is 12.5 Å². The second kappa shape index (κ2) is 8.42. The van der Waals surface area contributed by atoms with Crippen LogP contribution in [0.5, 0.6) is 0 Å². The smallest absolute Gasteiger partial charge is 0.248 e. The molecule has 2 aliphatic rings. The van der Waals surface area contributed by atoms with E-state index < -0.39 is 0 Å². The van der Waals surface area contributed by atoms with Gasteiger partial charge in [-0.3, -0.25) is 4.79 Å². The summed E-state index contributed by atoms with van der Waals surface area (Å²) in [6.07, 6.45) is 10.5. The lowest BCUT2D eigenvalue weighted by Gasteiger charge is -2.40. The van der Waals surface area contributed by atoms with E-state index in [1.165, 1.54) is 12.8 Å². The number of nitrogens with zero attached hydrogens (tertiary/aromatic N) is 4. The summed E-state index contributed by atoms with van der Waals surface area (Å²) < 4.78 is 5.09. The molecule has 1 aromatic heterocycles. The van der Waals surface area contributed by atoms with Crippen LogP contribution in [0.4, 0.5) is 5.95 Å². The molecule has 6 heteroatoms. The van der Waals surface area contributed by atoms with Crippen LogP contribution >= 0.6 is 0 Å². The second-order valence-corrected chi connectivity index (χ2v) is 6.81. The third kappa shape index (κ3) is 4.04.